The van der Waals surface area contributed by atoms with Gasteiger partial charge in [-0.2, -0.15) is 0 Å². The van der Waals surface area contributed by atoms with E-state index in [-0.39, 0.29) is 17.9 Å². The van der Waals surface area contributed by atoms with Crippen LogP contribution in [0.25, 0.3) is 0 Å². The van der Waals surface area contributed by atoms with E-state index in [1.165, 1.54) is 0 Å². The van der Waals surface area contributed by atoms with Gasteiger partial charge in [-0.3, -0.25) is 9.59 Å². The molecule has 1 aliphatic rings. The van der Waals surface area contributed by atoms with Crippen molar-refractivity contribution < 1.29 is 14.3 Å². The third-order valence-corrected chi connectivity index (χ3v) is 2.95. The Kier molecular flexibility index (Phi) is 6.12. The predicted octanol–water partition coefficient (Wildman–Crippen LogP) is 0.929. The lowest BCUT2D eigenvalue weighted by Crippen LogP contribution is -2.41. The summed E-state index contributed by atoms with van der Waals surface area (Å²) in [5.74, 6) is -0.0199. The van der Waals surface area contributed by atoms with Crippen LogP contribution in [0, 0.1) is 0 Å². The molecule has 1 heterocycles. The molecular formula is C13H24N2O3. The lowest BCUT2D eigenvalue weighted by molar-refractivity contribution is -0.143. The molecule has 5 nitrogen and oxygen atoms in total. The highest BCUT2D eigenvalue weighted by atomic mass is 16.5. The van der Waals surface area contributed by atoms with Crippen LogP contribution in [-0.2, 0) is 14.3 Å². The van der Waals surface area contributed by atoms with Gasteiger partial charge in [0.1, 0.15) is 0 Å². The molecule has 0 aliphatic carbocycles. The standard InChI is InChI=1S/C13H24N2O3/c1-4-18-12(16)6-5-8-15-9-7-11(13(15)17)14-10(2)3/h10-11,14H,4-9H2,1-3H3. The van der Waals surface area contributed by atoms with Crippen LogP contribution in [0.4, 0.5) is 0 Å². The Morgan fingerprint density at radius 2 is 2.28 bits per heavy atom. The first-order valence-corrected chi connectivity index (χ1v) is 6.75. The molecule has 5 heteroatoms. The molecule has 1 rings (SSSR count). The summed E-state index contributed by atoms with van der Waals surface area (Å²) in [7, 11) is 0. The highest BCUT2D eigenvalue weighted by Gasteiger charge is 2.31. The van der Waals surface area contributed by atoms with Gasteiger partial charge in [0.2, 0.25) is 5.91 Å². The van der Waals surface area contributed by atoms with Crippen LogP contribution in [0.2, 0.25) is 0 Å². The van der Waals surface area contributed by atoms with E-state index in [1.54, 1.807) is 6.92 Å². The molecule has 1 saturated heterocycles. The smallest absolute Gasteiger partial charge is 0.305 e. The van der Waals surface area contributed by atoms with Gasteiger partial charge in [-0.1, -0.05) is 13.8 Å². The monoisotopic (exact) mass is 256 g/mol. The molecular weight excluding hydrogens is 232 g/mol. The minimum Gasteiger partial charge on any atom is -0.466 e. The first-order chi connectivity index (χ1) is 8.54. The van der Waals surface area contributed by atoms with Gasteiger partial charge in [0.25, 0.3) is 0 Å². The third kappa shape index (κ3) is 4.64. The summed E-state index contributed by atoms with van der Waals surface area (Å²) in [6.45, 7) is 7.72. The molecule has 0 radical (unpaired) electrons. The van der Waals surface area contributed by atoms with Gasteiger partial charge < -0.3 is 15.0 Å². The average Bonchev–Trinajstić information content (AvgIpc) is 2.61. The summed E-state index contributed by atoms with van der Waals surface area (Å²) in [6.07, 6.45) is 1.93. The average molecular weight is 256 g/mol. The zero-order valence-corrected chi connectivity index (χ0v) is 11.6. The Labute approximate surface area is 109 Å². The molecule has 104 valence electrons. The molecule has 0 aromatic rings. The van der Waals surface area contributed by atoms with Crippen molar-refractivity contribution in [3.63, 3.8) is 0 Å². The molecule has 18 heavy (non-hydrogen) atoms. The lowest BCUT2D eigenvalue weighted by atomic mass is 10.2. The van der Waals surface area contributed by atoms with E-state index in [0.717, 1.165) is 13.0 Å². The van der Waals surface area contributed by atoms with Crippen molar-refractivity contribution >= 4 is 11.9 Å². The summed E-state index contributed by atoms with van der Waals surface area (Å²) < 4.78 is 4.85. The molecule has 0 aromatic carbocycles. The van der Waals surface area contributed by atoms with Crippen molar-refractivity contribution in [2.24, 2.45) is 0 Å². The highest BCUT2D eigenvalue weighted by molar-refractivity contribution is 5.84. The summed E-state index contributed by atoms with van der Waals surface area (Å²) in [5, 5.41) is 3.26. The number of esters is 1. The Morgan fingerprint density at radius 1 is 1.56 bits per heavy atom. The fraction of sp³-hybridized carbons (Fsp3) is 0.846. The summed E-state index contributed by atoms with van der Waals surface area (Å²) in [6, 6.07) is 0.269. The number of hydrogen-bond acceptors (Lipinski definition) is 4. The second kappa shape index (κ2) is 7.36. The fourth-order valence-corrected chi connectivity index (χ4v) is 2.17. The number of likely N-dealkylation sites (tertiary alicyclic amines) is 1. The number of hydrogen-bond donors (Lipinski definition) is 1. The first kappa shape index (κ1) is 15.0. The van der Waals surface area contributed by atoms with E-state index in [9.17, 15) is 9.59 Å². The Balaban J connectivity index is 2.24. The summed E-state index contributed by atoms with van der Waals surface area (Å²) >= 11 is 0. The van der Waals surface area contributed by atoms with Crippen molar-refractivity contribution in [3.05, 3.63) is 0 Å². The van der Waals surface area contributed by atoms with Gasteiger partial charge in [-0.25, -0.2) is 0 Å². The lowest BCUT2D eigenvalue weighted by Gasteiger charge is -2.18. The predicted molar refractivity (Wildman–Crippen MR) is 69.1 cm³/mol. The van der Waals surface area contributed by atoms with E-state index < -0.39 is 0 Å². The summed E-state index contributed by atoms with van der Waals surface area (Å²) in [4.78, 5) is 25.0. The van der Waals surface area contributed by atoms with Gasteiger partial charge in [-0.15, -0.1) is 0 Å². The topological polar surface area (TPSA) is 58.6 Å². The minimum atomic E-state index is -0.180. The third-order valence-electron chi connectivity index (χ3n) is 2.95. The number of nitrogens with one attached hydrogen (secondary N) is 1. The maximum Gasteiger partial charge on any atom is 0.305 e. The fourth-order valence-electron chi connectivity index (χ4n) is 2.17. The highest BCUT2D eigenvalue weighted by Crippen LogP contribution is 2.12. The quantitative estimate of drug-likeness (QED) is 0.688. The van der Waals surface area contributed by atoms with Crippen LogP contribution in [0.5, 0.6) is 0 Å². The minimum absolute atomic E-state index is 0.0485. The van der Waals surface area contributed by atoms with Crippen molar-refractivity contribution in [3.8, 4) is 0 Å². The molecule has 1 N–H and O–H groups in total. The van der Waals surface area contributed by atoms with Gasteiger partial charge in [0.15, 0.2) is 0 Å². The molecule has 1 unspecified atom stereocenters. The van der Waals surface area contributed by atoms with Gasteiger partial charge in [-0.05, 0) is 19.8 Å². The van der Waals surface area contributed by atoms with E-state index in [0.29, 0.717) is 32.0 Å². The van der Waals surface area contributed by atoms with Gasteiger partial charge in [0.05, 0.1) is 12.6 Å². The molecule has 0 spiro atoms. The Bertz CT molecular complexity index is 292. The number of nitrogens with zero attached hydrogens (tertiary/aromatic N) is 1. The Hall–Kier alpha value is -1.10. The molecule has 0 aromatic heterocycles. The summed E-state index contributed by atoms with van der Waals surface area (Å²) in [5.41, 5.74) is 0. The van der Waals surface area contributed by atoms with Crippen LogP contribution in [0.15, 0.2) is 0 Å². The number of carbonyl (C=O) groups is 2. The molecule has 1 fully saturated rings. The molecule has 0 saturated carbocycles. The molecule has 0 bridgehead atoms. The van der Waals surface area contributed by atoms with Crippen LogP contribution in [0.1, 0.15) is 40.0 Å². The number of carbonyl (C=O) groups excluding carboxylic acids is 2. The van der Waals surface area contributed by atoms with Crippen LogP contribution < -0.4 is 5.32 Å². The SMILES string of the molecule is CCOC(=O)CCCN1CCC(NC(C)C)C1=O. The number of ether oxygens (including phenoxy) is 1. The largest absolute Gasteiger partial charge is 0.466 e. The zero-order valence-electron chi connectivity index (χ0n) is 11.6. The van der Waals surface area contributed by atoms with E-state index in [4.69, 9.17) is 4.74 Å². The van der Waals surface area contributed by atoms with E-state index >= 15 is 0 Å². The second-order valence-electron chi connectivity index (χ2n) is 4.90. The maximum atomic E-state index is 12.0. The molecule has 1 atom stereocenters. The second-order valence-corrected chi connectivity index (χ2v) is 4.90. The van der Waals surface area contributed by atoms with Crippen molar-refractivity contribution in [1.29, 1.82) is 0 Å². The first-order valence-electron chi connectivity index (χ1n) is 6.75. The van der Waals surface area contributed by atoms with Crippen LogP contribution in [0.3, 0.4) is 0 Å². The van der Waals surface area contributed by atoms with Crippen molar-refractivity contribution in [1.82, 2.24) is 10.2 Å². The zero-order chi connectivity index (χ0) is 13.5. The van der Waals surface area contributed by atoms with E-state index in [1.807, 2.05) is 18.7 Å². The number of rotatable bonds is 7. The van der Waals surface area contributed by atoms with Gasteiger partial charge in [0, 0.05) is 25.6 Å². The van der Waals surface area contributed by atoms with Gasteiger partial charge >= 0.3 is 5.97 Å². The maximum absolute atomic E-state index is 12.0. The Morgan fingerprint density at radius 3 is 2.89 bits per heavy atom. The van der Waals surface area contributed by atoms with Crippen LogP contribution in [-0.4, -0.2) is 48.6 Å². The molecule has 1 aliphatic heterocycles. The normalized spacial score (nSPS) is 19.7. The van der Waals surface area contributed by atoms with Crippen molar-refractivity contribution in [2.45, 2.75) is 52.1 Å². The number of amides is 1. The molecule has 1 amide bonds. The van der Waals surface area contributed by atoms with E-state index in [2.05, 4.69) is 5.32 Å². The van der Waals surface area contributed by atoms with Crippen molar-refractivity contribution in [2.75, 3.05) is 19.7 Å². The van der Waals surface area contributed by atoms with Crippen LogP contribution >= 0.6 is 0 Å².